The van der Waals surface area contributed by atoms with Gasteiger partial charge < -0.3 is 15.0 Å². The number of ether oxygens (including phenoxy) is 1. The zero-order chi connectivity index (χ0) is 13.4. The van der Waals surface area contributed by atoms with Crippen LogP contribution in [0.15, 0.2) is 22.7 Å². The summed E-state index contributed by atoms with van der Waals surface area (Å²) in [6, 6.07) is 6.26. The van der Waals surface area contributed by atoms with Crippen molar-refractivity contribution in [2.24, 2.45) is 0 Å². The lowest BCUT2D eigenvalue weighted by Gasteiger charge is -2.13. The summed E-state index contributed by atoms with van der Waals surface area (Å²) < 4.78 is 6.74. The highest BCUT2D eigenvalue weighted by Gasteiger charge is 2.03. The Labute approximate surface area is 119 Å². The molecule has 0 unspecified atom stereocenters. The van der Waals surface area contributed by atoms with Crippen molar-refractivity contribution in [3.8, 4) is 5.75 Å². The van der Waals surface area contributed by atoms with Crippen LogP contribution < -0.4 is 10.1 Å². The molecule has 0 saturated heterocycles. The van der Waals surface area contributed by atoms with E-state index in [-0.39, 0.29) is 0 Å². The Balaban J connectivity index is 2.46. The van der Waals surface area contributed by atoms with Crippen molar-refractivity contribution in [2.75, 3.05) is 33.8 Å². The molecule has 1 aromatic carbocycles. The maximum Gasteiger partial charge on any atom is 0.133 e. The molecule has 0 saturated carbocycles. The summed E-state index contributed by atoms with van der Waals surface area (Å²) >= 11 is 3.56. The molecule has 0 heterocycles. The van der Waals surface area contributed by atoms with Crippen molar-refractivity contribution >= 4 is 15.9 Å². The van der Waals surface area contributed by atoms with Crippen LogP contribution in [0.3, 0.4) is 0 Å². The van der Waals surface area contributed by atoms with E-state index in [9.17, 15) is 0 Å². The third kappa shape index (κ3) is 5.85. The van der Waals surface area contributed by atoms with Crippen molar-refractivity contribution in [1.82, 2.24) is 10.2 Å². The molecule has 0 aliphatic rings. The molecule has 18 heavy (non-hydrogen) atoms. The van der Waals surface area contributed by atoms with E-state index in [1.807, 2.05) is 20.2 Å². The van der Waals surface area contributed by atoms with Crippen molar-refractivity contribution < 1.29 is 4.74 Å². The molecule has 0 fully saturated rings. The van der Waals surface area contributed by atoms with Crippen LogP contribution in [0.4, 0.5) is 0 Å². The number of benzene rings is 1. The molecule has 0 spiro atoms. The Kier molecular flexibility index (Phi) is 7.32. The Hall–Kier alpha value is -0.580. The third-order valence-corrected chi connectivity index (χ3v) is 3.17. The molecule has 0 aliphatic heterocycles. The molecule has 0 aliphatic carbocycles. The average Bonchev–Trinajstić information content (AvgIpc) is 2.32. The van der Waals surface area contributed by atoms with Crippen LogP contribution in [0.25, 0.3) is 0 Å². The van der Waals surface area contributed by atoms with E-state index >= 15 is 0 Å². The molecule has 3 nitrogen and oxygen atoms in total. The Morgan fingerprint density at radius 2 is 2.11 bits per heavy atom. The Bertz CT molecular complexity index is 356. The first kappa shape index (κ1) is 15.5. The second kappa shape index (κ2) is 8.51. The van der Waals surface area contributed by atoms with E-state index < -0.39 is 0 Å². The van der Waals surface area contributed by atoms with Gasteiger partial charge in [-0.3, -0.25) is 0 Å². The van der Waals surface area contributed by atoms with E-state index in [2.05, 4.69) is 45.2 Å². The maximum atomic E-state index is 5.72. The van der Waals surface area contributed by atoms with Crippen LogP contribution in [0.5, 0.6) is 5.75 Å². The minimum Gasteiger partial charge on any atom is -0.491 e. The van der Waals surface area contributed by atoms with Gasteiger partial charge in [-0.05, 0) is 60.7 Å². The van der Waals surface area contributed by atoms with E-state index in [4.69, 9.17) is 4.74 Å². The maximum absolute atomic E-state index is 5.72. The van der Waals surface area contributed by atoms with Crippen LogP contribution in [0.2, 0.25) is 0 Å². The molecule has 0 amide bonds. The quantitative estimate of drug-likeness (QED) is 0.747. The highest BCUT2D eigenvalue weighted by molar-refractivity contribution is 9.10. The summed E-state index contributed by atoms with van der Waals surface area (Å²) in [7, 11) is 4.09. The topological polar surface area (TPSA) is 24.5 Å². The van der Waals surface area contributed by atoms with Gasteiger partial charge in [0.15, 0.2) is 0 Å². The molecular formula is C14H23BrN2O. The highest BCUT2D eigenvalue weighted by atomic mass is 79.9. The number of nitrogens with zero attached hydrogens (tertiary/aromatic N) is 1. The first-order valence-electron chi connectivity index (χ1n) is 6.40. The zero-order valence-electron chi connectivity index (χ0n) is 11.5. The fourth-order valence-corrected chi connectivity index (χ4v) is 2.06. The lowest BCUT2D eigenvalue weighted by molar-refractivity contribution is 0.260. The second-order valence-corrected chi connectivity index (χ2v) is 5.45. The lowest BCUT2D eigenvalue weighted by Crippen LogP contribution is -2.19. The molecule has 1 aromatic rings. The SMILES string of the molecule is CCCNCc1ccc(OCCN(C)C)c(Br)c1. The van der Waals surface area contributed by atoms with Gasteiger partial charge in [-0.1, -0.05) is 13.0 Å². The molecule has 1 N–H and O–H groups in total. The molecular weight excluding hydrogens is 292 g/mol. The number of nitrogens with one attached hydrogen (secondary N) is 1. The van der Waals surface area contributed by atoms with Crippen LogP contribution in [-0.2, 0) is 6.54 Å². The second-order valence-electron chi connectivity index (χ2n) is 4.59. The number of hydrogen-bond acceptors (Lipinski definition) is 3. The zero-order valence-corrected chi connectivity index (χ0v) is 13.1. The van der Waals surface area contributed by atoms with Gasteiger partial charge in [0.2, 0.25) is 0 Å². The van der Waals surface area contributed by atoms with Crippen LogP contribution >= 0.6 is 15.9 Å². The van der Waals surface area contributed by atoms with Crippen molar-refractivity contribution in [3.05, 3.63) is 28.2 Å². The third-order valence-electron chi connectivity index (χ3n) is 2.55. The average molecular weight is 315 g/mol. The molecule has 4 heteroatoms. The van der Waals surface area contributed by atoms with Crippen LogP contribution in [0, 0.1) is 0 Å². The van der Waals surface area contributed by atoms with Crippen molar-refractivity contribution in [2.45, 2.75) is 19.9 Å². The summed E-state index contributed by atoms with van der Waals surface area (Å²) in [6.07, 6.45) is 1.16. The van der Waals surface area contributed by atoms with Gasteiger partial charge in [-0.25, -0.2) is 0 Å². The summed E-state index contributed by atoms with van der Waals surface area (Å²) in [5, 5.41) is 3.39. The first-order chi connectivity index (χ1) is 8.63. The number of halogens is 1. The summed E-state index contributed by atoms with van der Waals surface area (Å²) in [6.45, 7) is 5.76. The predicted molar refractivity (Wildman–Crippen MR) is 80.2 cm³/mol. The smallest absolute Gasteiger partial charge is 0.133 e. The number of rotatable bonds is 8. The number of likely N-dealkylation sites (N-methyl/N-ethyl adjacent to an activating group) is 1. The van der Waals surface area contributed by atoms with Crippen molar-refractivity contribution in [3.63, 3.8) is 0 Å². The summed E-state index contributed by atoms with van der Waals surface area (Å²) in [5.74, 6) is 0.913. The van der Waals surface area contributed by atoms with Gasteiger partial charge >= 0.3 is 0 Å². The lowest BCUT2D eigenvalue weighted by atomic mass is 10.2. The Morgan fingerprint density at radius 1 is 1.33 bits per heavy atom. The number of hydrogen-bond donors (Lipinski definition) is 1. The van der Waals surface area contributed by atoms with Gasteiger partial charge in [-0.2, -0.15) is 0 Å². The van der Waals surface area contributed by atoms with Gasteiger partial charge in [0.1, 0.15) is 12.4 Å². The predicted octanol–water partition coefficient (Wildman–Crippen LogP) is 2.89. The van der Waals surface area contributed by atoms with Gasteiger partial charge in [-0.15, -0.1) is 0 Å². The molecule has 0 bridgehead atoms. The standard InChI is InChI=1S/C14H23BrN2O/c1-4-7-16-11-12-5-6-14(13(15)10-12)18-9-8-17(2)3/h5-6,10,16H,4,7-9,11H2,1-3H3. The first-order valence-corrected chi connectivity index (χ1v) is 7.19. The fourth-order valence-electron chi connectivity index (χ4n) is 1.52. The fraction of sp³-hybridized carbons (Fsp3) is 0.571. The molecule has 1 rings (SSSR count). The summed E-state index contributed by atoms with van der Waals surface area (Å²) in [4.78, 5) is 2.11. The van der Waals surface area contributed by atoms with E-state index in [1.54, 1.807) is 0 Å². The van der Waals surface area contributed by atoms with Crippen LogP contribution in [-0.4, -0.2) is 38.7 Å². The molecule has 0 aromatic heterocycles. The normalized spacial score (nSPS) is 10.9. The monoisotopic (exact) mass is 314 g/mol. The Morgan fingerprint density at radius 3 is 2.72 bits per heavy atom. The largest absolute Gasteiger partial charge is 0.491 e. The van der Waals surface area contributed by atoms with Crippen molar-refractivity contribution in [1.29, 1.82) is 0 Å². The van der Waals surface area contributed by atoms with Gasteiger partial charge in [0.05, 0.1) is 4.47 Å². The van der Waals surface area contributed by atoms with E-state index in [0.29, 0.717) is 6.61 Å². The molecule has 102 valence electrons. The van der Waals surface area contributed by atoms with E-state index in [0.717, 1.165) is 36.3 Å². The van der Waals surface area contributed by atoms with E-state index in [1.165, 1.54) is 5.56 Å². The van der Waals surface area contributed by atoms with Crippen LogP contribution in [0.1, 0.15) is 18.9 Å². The van der Waals surface area contributed by atoms with Gasteiger partial charge in [0, 0.05) is 13.1 Å². The van der Waals surface area contributed by atoms with Gasteiger partial charge in [0.25, 0.3) is 0 Å². The minimum atomic E-state index is 0.707. The molecule has 0 radical (unpaired) electrons. The highest BCUT2D eigenvalue weighted by Crippen LogP contribution is 2.25. The minimum absolute atomic E-state index is 0.707. The molecule has 0 atom stereocenters. The summed E-state index contributed by atoms with van der Waals surface area (Å²) in [5.41, 5.74) is 1.27.